The molecule has 2 heterocycles. The van der Waals surface area contributed by atoms with Crippen molar-refractivity contribution in [2.45, 2.75) is 46.4 Å². The van der Waals surface area contributed by atoms with Crippen LogP contribution in [0.1, 0.15) is 32.8 Å². The summed E-state index contributed by atoms with van der Waals surface area (Å²) in [5, 5.41) is 7.42. The first-order valence-electron chi connectivity index (χ1n) is 11.8. The van der Waals surface area contributed by atoms with Crippen molar-refractivity contribution in [1.29, 1.82) is 0 Å². The molecule has 0 radical (unpaired) electrons. The smallest absolute Gasteiger partial charge is 0.276 e. The number of fused-ring (bicyclic) bond motifs is 1. The maximum absolute atomic E-state index is 13.0. The number of aromatic nitrogens is 3. The Morgan fingerprint density at radius 1 is 1.03 bits per heavy atom. The monoisotopic (exact) mass is 474 g/mol. The molecule has 4 rings (SSSR count). The van der Waals surface area contributed by atoms with Gasteiger partial charge in [0.25, 0.3) is 5.56 Å². The summed E-state index contributed by atoms with van der Waals surface area (Å²) >= 11 is 0. The summed E-state index contributed by atoms with van der Waals surface area (Å²) in [6.07, 6.45) is 3.70. The van der Waals surface area contributed by atoms with Crippen molar-refractivity contribution in [2.75, 3.05) is 6.61 Å². The standard InChI is InChI=1S/C27H30N4O4/c1-4-34-22-11-7-21(8-12-22)24-17-25-27(33)30(15-16-31(25)29-24)14-13-26(32)28-18-20-5-9-23(10-6-20)35-19(2)3/h5-12,15-17,19H,4,13-14,18H2,1-3H3,(H,28,32). The Hall–Kier alpha value is -4.07. The van der Waals surface area contributed by atoms with E-state index in [1.165, 1.54) is 4.57 Å². The number of nitrogens with zero attached hydrogens (tertiary/aromatic N) is 3. The fraction of sp³-hybridized carbons (Fsp3) is 0.296. The number of aryl methyl sites for hydroxylation is 1. The van der Waals surface area contributed by atoms with Crippen LogP contribution in [-0.2, 0) is 17.9 Å². The maximum atomic E-state index is 13.0. The number of amides is 1. The number of benzene rings is 2. The van der Waals surface area contributed by atoms with E-state index < -0.39 is 0 Å². The largest absolute Gasteiger partial charge is 0.494 e. The van der Waals surface area contributed by atoms with Gasteiger partial charge in [0.1, 0.15) is 17.0 Å². The second-order valence-corrected chi connectivity index (χ2v) is 8.45. The minimum atomic E-state index is -0.189. The summed E-state index contributed by atoms with van der Waals surface area (Å²) in [5.41, 5.74) is 2.84. The lowest BCUT2D eigenvalue weighted by Gasteiger charge is -2.11. The van der Waals surface area contributed by atoms with E-state index in [1.54, 1.807) is 23.0 Å². The van der Waals surface area contributed by atoms with Gasteiger partial charge >= 0.3 is 0 Å². The van der Waals surface area contributed by atoms with Gasteiger partial charge in [-0.2, -0.15) is 5.10 Å². The molecule has 0 atom stereocenters. The molecule has 2 aromatic heterocycles. The quantitative estimate of drug-likeness (QED) is 0.375. The molecule has 0 aliphatic carbocycles. The molecule has 182 valence electrons. The molecule has 1 N–H and O–H groups in total. The summed E-state index contributed by atoms with van der Waals surface area (Å²) in [7, 11) is 0. The third-order valence-electron chi connectivity index (χ3n) is 5.43. The van der Waals surface area contributed by atoms with E-state index in [0.29, 0.717) is 24.4 Å². The van der Waals surface area contributed by atoms with E-state index in [2.05, 4.69) is 10.4 Å². The average Bonchev–Trinajstić information content (AvgIpc) is 3.29. The van der Waals surface area contributed by atoms with E-state index in [9.17, 15) is 9.59 Å². The lowest BCUT2D eigenvalue weighted by molar-refractivity contribution is -0.121. The van der Waals surface area contributed by atoms with Crippen LogP contribution in [0.15, 0.2) is 71.8 Å². The van der Waals surface area contributed by atoms with Gasteiger partial charge < -0.3 is 19.4 Å². The highest BCUT2D eigenvalue weighted by Gasteiger charge is 2.11. The number of hydrogen-bond donors (Lipinski definition) is 1. The van der Waals surface area contributed by atoms with Gasteiger partial charge in [-0.25, -0.2) is 4.52 Å². The van der Waals surface area contributed by atoms with Crippen LogP contribution >= 0.6 is 0 Å². The first-order valence-corrected chi connectivity index (χ1v) is 11.8. The molecule has 0 unspecified atom stereocenters. The Balaban J connectivity index is 1.36. The summed E-state index contributed by atoms with van der Waals surface area (Å²) in [5.74, 6) is 1.47. The zero-order valence-electron chi connectivity index (χ0n) is 20.2. The average molecular weight is 475 g/mol. The Labute approximate surface area is 204 Å². The number of rotatable bonds is 10. The summed E-state index contributed by atoms with van der Waals surface area (Å²) in [6, 6.07) is 17.0. The molecule has 1 amide bonds. The van der Waals surface area contributed by atoms with E-state index in [4.69, 9.17) is 9.47 Å². The second-order valence-electron chi connectivity index (χ2n) is 8.45. The highest BCUT2D eigenvalue weighted by molar-refractivity contribution is 5.75. The molecular formula is C27H30N4O4. The van der Waals surface area contributed by atoms with Crippen LogP contribution in [0.5, 0.6) is 11.5 Å². The van der Waals surface area contributed by atoms with Crippen LogP contribution in [0, 0.1) is 0 Å². The van der Waals surface area contributed by atoms with Gasteiger partial charge in [-0.15, -0.1) is 0 Å². The third kappa shape index (κ3) is 6.09. The van der Waals surface area contributed by atoms with Gasteiger partial charge in [-0.3, -0.25) is 9.59 Å². The van der Waals surface area contributed by atoms with E-state index in [1.807, 2.05) is 69.3 Å². The molecule has 0 saturated heterocycles. The van der Waals surface area contributed by atoms with Crippen molar-refractivity contribution in [3.63, 3.8) is 0 Å². The van der Waals surface area contributed by atoms with Crippen LogP contribution in [-0.4, -0.2) is 32.8 Å². The number of nitrogens with one attached hydrogen (secondary N) is 1. The van der Waals surface area contributed by atoms with Crippen LogP contribution in [0.4, 0.5) is 0 Å². The number of ether oxygens (including phenoxy) is 2. The highest BCUT2D eigenvalue weighted by Crippen LogP contribution is 2.22. The summed E-state index contributed by atoms with van der Waals surface area (Å²) in [4.78, 5) is 25.3. The minimum absolute atomic E-state index is 0.115. The maximum Gasteiger partial charge on any atom is 0.276 e. The molecule has 4 aromatic rings. The molecule has 0 spiro atoms. The summed E-state index contributed by atoms with van der Waals surface area (Å²) < 4.78 is 14.2. The molecule has 0 bridgehead atoms. The molecule has 2 aromatic carbocycles. The van der Waals surface area contributed by atoms with Crippen molar-refractivity contribution in [3.05, 3.63) is 82.9 Å². The molecule has 0 fully saturated rings. The third-order valence-corrected chi connectivity index (χ3v) is 5.43. The number of hydrogen-bond acceptors (Lipinski definition) is 5. The zero-order chi connectivity index (χ0) is 24.8. The SMILES string of the molecule is CCOc1ccc(-c2cc3c(=O)n(CCC(=O)NCc4ccc(OC(C)C)cc4)ccn3n2)cc1. The van der Waals surface area contributed by atoms with Gasteiger partial charge in [0, 0.05) is 37.5 Å². The Bertz CT molecular complexity index is 1340. The fourth-order valence-electron chi connectivity index (χ4n) is 3.70. The molecule has 35 heavy (non-hydrogen) atoms. The van der Waals surface area contributed by atoms with E-state index in [-0.39, 0.29) is 30.5 Å². The Kier molecular flexibility index (Phi) is 7.50. The zero-order valence-corrected chi connectivity index (χ0v) is 20.2. The van der Waals surface area contributed by atoms with Crippen molar-refractivity contribution in [2.24, 2.45) is 0 Å². The topological polar surface area (TPSA) is 86.9 Å². The molecular weight excluding hydrogens is 444 g/mol. The van der Waals surface area contributed by atoms with Crippen LogP contribution in [0.25, 0.3) is 16.8 Å². The summed E-state index contributed by atoms with van der Waals surface area (Å²) in [6.45, 7) is 7.20. The predicted molar refractivity (Wildman–Crippen MR) is 135 cm³/mol. The normalized spacial score (nSPS) is 11.1. The van der Waals surface area contributed by atoms with Gasteiger partial charge in [-0.1, -0.05) is 12.1 Å². The lowest BCUT2D eigenvalue weighted by atomic mass is 10.1. The van der Waals surface area contributed by atoms with Gasteiger partial charge in [0.05, 0.1) is 18.4 Å². The Morgan fingerprint density at radius 3 is 2.43 bits per heavy atom. The fourth-order valence-corrected chi connectivity index (χ4v) is 3.70. The number of carbonyl (C=O) groups excluding carboxylic acids is 1. The molecule has 8 nitrogen and oxygen atoms in total. The van der Waals surface area contributed by atoms with Crippen molar-refractivity contribution >= 4 is 11.4 Å². The predicted octanol–water partition coefficient (Wildman–Crippen LogP) is 4.06. The molecule has 0 aliphatic rings. The van der Waals surface area contributed by atoms with Crippen molar-refractivity contribution in [1.82, 2.24) is 19.5 Å². The minimum Gasteiger partial charge on any atom is -0.494 e. The molecule has 0 aliphatic heterocycles. The number of carbonyl (C=O) groups is 1. The molecule has 0 saturated carbocycles. The molecule has 8 heteroatoms. The van der Waals surface area contributed by atoms with Gasteiger partial charge in [0.15, 0.2) is 0 Å². The van der Waals surface area contributed by atoms with E-state index in [0.717, 1.165) is 22.6 Å². The van der Waals surface area contributed by atoms with Crippen molar-refractivity contribution < 1.29 is 14.3 Å². The first-order chi connectivity index (χ1) is 16.9. The van der Waals surface area contributed by atoms with Gasteiger partial charge in [0.2, 0.25) is 5.91 Å². The highest BCUT2D eigenvalue weighted by atomic mass is 16.5. The van der Waals surface area contributed by atoms with Crippen LogP contribution < -0.4 is 20.3 Å². The lowest BCUT2D eigenvalue weighted by Crippen LogP contribution is -2.27. The van der Waals surface area contributed by atoms with Gasteiger partial charge in [-0.05, 0) is 68.8 Å². The van der Waals surface area contributed by atoms with Crippen LogP contribution in [0.3, 0.4) is 0 Å². The van der Waals surface area contributed by atoms with Crippen molar-refractivity contribution in [3.8, 4) is 22.8 Å². The Morgan fingerprint density at radius 2 is 1.74 bits per heavy atom. The second kappa shape index (κ2) is 10.9. The first kappa shape index (κ1) is 24.1. The van der Waals surface area contributed by atoms with E-state index >= 15 is 0 Å². The van der Waals surface area contributed by atoms with Crippen LogP contribution in [0.2, 0.25) is 0 Å².